The molecular weight excluding hydrogens is 388 g/mol. The van der Waals surface area contributed by atoms with Gasteiger partial charge in [0.2, 0.25) is 0 Å². The second-order valence-electron chi connectivity index (χ2n) is 6.75. The third kappa shape index (κ3) is 4.44. The van der Waals surface area contributed by atoms with E-state index in [-0.39, 0.29) is 11.6 Å². The van der Waals surface area contributed by atoms with Crippen LogP contribution >= 0.6 is 0 Å². The molecule has 4 rings (SSSR count). The summed E-state index contributed by atoms with van der Waals surface area (Å²) in [6.07, 6.45) is 4.78. The van der Waals surface area contributed by atoms with Gasteiger partial charge in [0.25, 0.3) is 11.6 Å². The maximum atomic E-state index is 12.5. The highest BCUT2D eigenvalue weighted by Gasteiger charge is 2.14. The molecule has 2 aromatic heterocycles. The largest absolute Gasteiger partial charge is 0.378 e. The van der Waals surface area contributed by atoms with Gasteiger partial charge in [-0.1, -0.05) is 0 Å². The molecule has 0 aliphatic carbocycles. The highest BCUT2D eigenvalue weighted by atomic mass is 16.6. The Morgan fingerprint density at radius 2 is 1.97 bits per heavy atom. The topological polar surface area (TPSA) is 115 Å². The third-order valence-corrected chi connectivity index (χ3v) is 4.77. The molecule has 1 aliphatic heterocycles. The number of benzene rings is 1. The van der Waals surface area contributed by atoms with E-state index in [1.165, 1.54) is 23.0 Å². The van der Waals surface area contributed by atoms with Gasteiger partial charge in [-0.3, -0.25) is 14.9 Å². The molecule has 1 saturated heterocycles. The number of carbonyl (C=O) groups is 1. The highest BCUT2D eigenvalue weighted by Crippen LogP contribution is 2.16. The standard InChI is InChI=1S/C20H20N6O4/c27-20(16-13-23-25(14-16)17-1-3-18(4-2-17)26(28)29)22-12-15-5-6-21-19(11-15)24-7-9-30-10-8-24/h1-6,11,13-14H,7-10,12H2,(H,22,27). The van der Waals surface area contributed by atoms with Crippen LogP contribution in [0.15, 0.2) is 55.0 Å². The Labute approximate surface area is 172 Å². The van der Waals surface area contributed by atoms with Crippen molar-refractivity contribution in [2.75, 3.05) is 31.2 Å². The van der Waals surface area contributed by atoms with Crippen LogP contribution in [0, 0.1) is 10.1 Å². The fourth-order valence-corrected chi connectivity index (χ4v) is 3.13. The Bertz CT molecular complexity index is 1040. The molecule has 0 spiro atoms. The zero-order valence-electron chi connectivity index (χ0n) is 16.1. The number of nitro groups is 1. The van der Waals surface area contributed by atoms with Gasteiger partial charge in [-0.15, -0.1) is 0 Å². The first-order chi connectivity index (χ1) is 14.6. The number of pyridine rings is 1. The van der Waals surface area contributed by atoms with Gasteiger partial charge < -0.3 is 15.0 Å². The minimum absolute atomic E-state index is 0.00216. The number of rotatable bonds is 6. The summed E-state index contributed by atoms with van der Waals surface area (Å²) < 4.78 is 6.87. The molecule has 10 heteroatoms. The number of ether oxygens (including phenoxy) is 1. The van der Waals surface area contributed by atoms with Gasteiger partial charge >= 0.3 is 0 Å². The molecule has 154 valence electrons. The van der Waals surface area contributed by atoms with Gasteiger partial charge in [0.15, 0.2) is 0 Å². The number of hydrogen-bond acceptors (Lipinski definition) is 7. The number of nitrogens with one attached hydrogen (secondary N) is 1. The number of nitrogens with zero attached hydrogens (tertiary/aromatic N) is 5. The van der Waals surface area contributed by atoms with Crippen LogP contribution in [0.2, 0.25) is 0 Å². The van der Waals surface area contributed by atoms with Gasteiger partial charge in [-0.05, 0) is 29.8 Å². The molecule has 0 bridgehead atoms. The van der Waals surface area contributed by atoms with Crippen molar-refractivity contribution in [3.8, 4) is 5.69 Å². The zero-order valence-corrected chi connectivity index (χ0v) is 16.1. The van der Waals surface area contributed by atoms with Crippen LogP contribution in [0.1, 0.15) is 15.9 Å². The highest BCUT2D eigenvalue weighted by molar-refractivity contribution is 5.93. The number of morpholine rings is 1. The fraction of sp³-hybridized carbons (Fsp3) is 0.250. The Kier molecular flexibility index (Phi) is 5.66. The van der Waals surface area contributed by atoms with E-state index in [0.29, 0.717) is 31.0 Å². The summed E-state index contributed by atoms with van der Waals surface area (Å²) in [5.74, 6) is 0.615. The average molecular weight is 408 g/mol. The number of nitro benzene ring substituents is 1. The quantitative estimate of drug-likeness (QED) is 0.489. The Balaban J connectivity index is 1.38. The fourth-order valence-electron chi connectivity index (χ4n) is 3.13. The Morgan fingerprint density at radius 3 is 2.70 bits per heavy atom. The first-order valence-corrected chi connectivity index (χ1v) is 9.45. The van der Waals surface area contributed by atoms with Gasteiger partial charge in [0.1, 0.15) is 5.82 Å². The molecule has 30 heavy (non-hydrogen) atoms. The van der Waals surface area contributed by atoms with Crippen LogP contribution in [0.4, 0.5) is 11.5 Å². The number of non-ortho nitro benzene ring substituents is 1. The summed E-state index contributed by atoms with van der Waals surface area (Å²) in [6, 6.07) is 9.78. The van der Waals surface area contributed by atoms with Crippen LogP contribution in [0.3, 0.4) is 0 Å². The van der Waals surface area contributed by atoms with Crippen molar-refractivity contribution in [1.29, 1.82) is 0 Å². The molecule has 0 radical (unpaired) electrons. The van der Waals surface area contributed by atoms with Crippen molar-refractivity contribution >= 4 is 17.4 Å². The summed E-state index contributed by atoms with van der Waals surface area (Å²) >= 11 is 0. The maximum Gasteiger partial charge on any atom is 0.269 e. The summed E-state index contributed by atoms with van der Waals surface area (Å²) in [5.41, 5.74) is 1.97. The summed E-state index contributed by atoms with van der Waals surface area (Å²) in [6.45, 7) is 3.32. The molecule has 0 unspecified atom stereocenters. The Morgan fingerprint density at radius 1 is 1.20 bits per heavy atom. The van der Waals surface area contributed by atoms with Crippen LogP contribution in [0.25, 0.3) is 5.69 Å². The minimum Gasteiger partial charge on any atom is -0.378 e. The first kappa shape index (κ1) is 19.5. The molecule has 1 aliphatic rings. The number of carbonyl (C=O) groups excluding carboxylic acids is 1. The van der Waals surface area contributed by atoms with Gasteiger partial charge in [-0.25, -0.2) is 9.67 Å². The lowest BCUT2D eigenvalue weighted by Crippen LogP contribution is -2.36. The summed E-state index contributed by atoms with van der Waals surface area (Å²) in [7, 11) is 0. The lowest BCUT2D eigenvalue weighted by molar-refractivity contribution is -0.384. The zero-order chi connectivity index (χ0) is 20.9. The van der Waals surface area contributed by atoms with E-state index in [9.17, 15) is 14.9 Å². The smallest absolute Gasteiger partial charge is 0.269 e. The molecule has 0 atom stereocenters. The molecule has 1 fully saturated rings. The SMILES string of the molecule is O=C(NCc1ccnc(N2CCOCC2)c1)c1cnn(-c2ccc([N+](=O)[O-])cc2)c1. The van der Waals surface area contributed by atoms with E-state index < -0.39 is 4.92 Å². The molecule has 0 saturated carbocycles. The minimum atomic E-state index is -0.463. The lowest BCUT2D eigenvalue weighted by Gasteiger charge is -2.28. The molecular formula is C20H20N6O4. The molecule has 10 nitrogen and oxygen atoms in total. The van der Waals surface area contributed by atoms with E-state index in [1.54, 1.807) is 24.5 Å². The van der Waals surface area contributed by atoms with Gasteiger partial charge in [-0.2, -0.15) is 5.10 Å². The molecule has 3 heterocycles. The Hall–Kier alpha value is -3.79. The molecule has 1 N–H and O–H groups in total. The van der Waals surface area contributed by atoms with Crippen LogP contribution in [-0.4, -0.2) is 51.9 Å². The van der Waals surface area contributed by atoms with Crippen molar-refractivity contribution in [3.05, 3.63) is 76.2 Å². The van der Waals surface area contributed by atoms with Gasteiger partial charge in [0, 0.05) is 44.2 Å². The van der Waals surface area contributed by atoms with E-state index in [2.05, 4.69) is 20.3 Å². The maximum absolute atomic E-state index is 12.5. The predicted octanol–water partition coefficient (Wildman–Crippen LogP) is 1.94. The van der Waals surface area contributed by atoms with E-state index >= 15 is 0 Å². The number of hydrogen-bond donors (Lipinski definition) is 1. The van der Waals surface area contributed by atoms with Crippen LogP contribution in [0.5, 0.6) is 0 Å². The summed E-state index contributed by atoms with van der Waals surface area (Å²) in [5, 5.41) is 17.8. The lowest BCUT2D eigenvalue weighted by atomic mass is 10.2. The number of anilines is 1. The average Bonchev–Trinajstić information content (AvgIpc) is 3.29. The second kappa shape index (κ2) is 8.70. The number of amides is 1. The van der Waals surface area contributed by atoms with E-state index in [0.717, 1.165) is 24.5 Å². The first-order valence-electron chi connectivity index (χ1n) is 9.45. The monoisotopic (exact) mass is 408 g/mol. The van der Waals surface area contributed by atoms with E-state index in [1.807, 2.05) is 12.1 Å². The van der Waals surface area contributed by atoms with Gasteiger partial charge in [0.05, 0.1) is 35.6 Å². The van der Waals surface area contributed by atoms with Crippen molar-refractivity contribution in [2.45, 2.75) is 6.54 Å². The van der Waals surface area contributed by atoms with E-state index in [4.69, 9.17) is 4.74 Å². The summed E-state index contributed by atoms with van der Waals surface area (Å²) in [4.78, 5) is 29.4. The van der Waals surface area contributed by atoms with Crippen molar-refractivity contribution < 1.29 is 14.5 Å². The second-order valence-corrected chi connectivity index (χ2v) is 6.75. The van der Waals surface area contributed by atoms with Crippen molar-refractivity contribution in [3.63, 3.8) is 0 Å². The molecule has 1 amide bonds. The third-order valence-electron chi connectivity index (χ3n) is 4.77. The van der Waals surface area contributed by atoms with Crippen molar-refractivity contribution in [2.24, 2.45) is 0 Å². The van der Waals surface area contributed by atoms with Crippen molar-refractivity contribution in [1.82, 2.24) is 20.1 Å². The van der Waals surface area contributed by atoms with Crippen LogP contribution < -0.4 is 10.2 Å². The van der Waals surface area contributed by atoms with Crippen LogP contribution in [-0.2, 0) is 11.3 Å². The predicted molar refractivity (Wildman–Crippen MR) is 109 cm³/mol. The molecule has 3 aromatic rings. The normalized spacial score (nSPS) is 13.8. The number of aromatic nitrogens is 3. The molecule has 1 aromatic carbocycles.